The largest absolute Gasteiger partial charge is 2.00 e. The van der Waals surface area contributed by atoms with Gasteiger partial charge in [0.1, 0.15) is 0 Å². The van der Waals surface area contributed by atoms with Gasteiger partial charge in [0.2, 0.25) is 0 Å². The molecule has 1 aromatic carbocycles. The molecule has 0 amide bonds. The van der Waals surface area contributed by atoms with Crippen molar-refractivity contribution < 1.29 is 21.7 Å². The maximum atomic E-state index is 6.94. The first-order valence-electron chi connectivity index (χ1n) is 6.82. The smallest absolute Gasteiger partial charge is 0.673 e. The molecule has 0 unspecified atom stereocenters. The summed E-state index contributed by atoms with van der Waals surface area (Å²) in [6.07, 6.45) is 7.81. The van der Waals surface area contributed by atoms with Gasteiger partial charge in [-0.15, -0.1) is 48.0 Å². The molecular weight excluding hydrogens is 349 g/mol. The van der Waals surface area contributed by atoms with Gasteiger partial charge in [-0.1, -0.05) is 57.1 Å². The molecular formula is C18H27Cl2NTi. The van der Waals surface area contributed by atoms with E-state index >= 15 is 0 Å². The summed E-state index contributed by atoms with van der Waals surface area (Å²) in [5.41, 5.74) is 12.2. The molecule has 0 saturated carbocycles. The number of benzene rings is 1. The van der Waals surface area contributed by atoms with Crippen LogP contribution in [0.2, 0.25) is 0 Å². The summed E-state index contributed by atoms with van der Waals surface area (Å²) in [6, 6.07) is 8.57. The SMILES string of the molecule is CC(C)(C)[NH-].C[CH-]c1ccccc1C1=CC(C)=CC1.Cl.Cl.[Ti+2]. The van der Waals surface area contributed by atoms with Gasteiger partial charge in [0.05, 0.1) is 0 Å². The Kier molecular flexibility index (Phi) is 14.9. The van der Waals surface area contributed by atoms with Crippen LogP contribution < -0.4 is 0 Å². The van der Waals surface area contributed by atoms with Crippen LogP contribution in [0.15, 0.2) is 42.0 Å². The van der Waals surface area contributed by atoms with E-state index in [4.69, 9.17) is 5.73 Å². The second-order valence-electron chi connectivity index (χ2n) is 5.95. The molecule has 0 bridgehead atoms. The predicted molar refractivity (Wildman–Crippen MR) is 100 cm³/mol. The van der Waals surface area contributed by atoms with Crippen LogP contribution in [0.1, 0.15) is 52.2 Å². The van der Waals surface area contributed by atoms with Gasteiger partial charge in [0.25, 0.3) is 0 Å². The predicted octanol–water partition coefficient (Wildman–Crippen LogP) is 6.67. The van der Waals surface area contributed by atoms with Crippen LogP contribution >= 0.6 is 24.8 Å². The van der Waals surface area contributed by atoms with Crippen LogP contribution in [0.5, 0.6) is 0 Å². The molecule has 0 aliphatic heterocycles. The average molecular weight is 376 g/mol. The van der Waals surface area contributed by atoms with E-state index in [-0.39, 0.29) is 52.1 Å². The number of allylic oxidation sites excluding steroid dienone is 4. The van der Waals surface area contributed by atoms with Gasteiger partial charge in [0.15, 0.2) is 0 Å². The monoisotopic (exact) mass is 375 g/mol. The summed E-state index contributed by atoms with van der Waals surface area (Å²) in [5, 5.41) is 0. The molecule has 0 spiro atoms. The van der Waals surface area contributed by atoms with Gasteiger partial charge < -0.3 is 5.73 Å². The first kappa shape index (κ1) is 26.7. The summed E-state index contributed by atoms with van der Waals surface area (Å²) in [5.74, 6) is 0. The van der Waals surface area contributed by atoms with Crippen molar-refractivity contribution in [1.82, 2.24) is 0 Å². The normalized spacial score (nSPS) is 12.3. The Morgan fingerprint density at radius 2 is 1.59 bits per heavy atom. The Morgan fingerprint density at radius 1 is 1.09 bits per heavy atom. The molecule has 1 nitrogen and oxygen atoms in total. The second kappa shape index (κ2) is 12.3. The average Bonchev–Trinajstić information content (AvgIpc) is 2.73. The fourth-order valence-electron chi connectivity index (χ4n) is 1.89. The molecule has 2 rings (SSSR count). The van der Waals surface area contributed by atoms with Crippen molar-refractivity contribution >= 4 is 30.4 Å². The van der Waals surface area contributed by atoms with Crippen LogP contribution in [0.4, 0.5) is 0 Å². The van der Waals surface area contributed by atoms with E-state index in [0.29, 0.717) is 0 Å². The molecule has 0 aromatic heterocycles. The van der Waals surface area contributed by atoms with Crippen molar-refractivity contribution in [2.75, 3.05) is 0 Å². The van der Waals surface area contributed by atoms with Crippen LogP contribution in [-0.2, 0) is 21.7 Å². The molecule has 0 saturated heterocycles. The van der Waals surface area contributed by atoms with E-state index in [1.807, 2.05) is 20.8 Å². The first-order valence-corrected chi connectivity index (χ1v) is 6.82. The molecule has 0 heterocycles. The fourth-order valence-corrected chi connectivity index (χ4v) is 1.89. The van der Waals surface area contributed by atoms with Crippen LogP contribution in [0.25, 0.3) is 11.3 Å². The van der Waals surface area contributed by atoms with Crippen molar-refractivity contribution in [2.45, 2.75) is 46.6 Å². The number of hydrogen-bond acceptors (Lipinski definition) is 0. The minimum absolute atomic E-state index is 0. The Balaban J connectivity index is -0.000000401. The standard InChI is InChI=1S/C14H15.C4H10N.2ClH.Ti/c1-3-12-6-4-5-7-14(12)13-9-8-11(2)10-13;1-4(2,3)5;;;/h3-8,10H,9H2,1-2H3;5H,1-3H3;2*1H;/q2*-1;;;+2. The first-order chi connectivity index (χ1) is 8.81. The van der Waals surface area contributed by atoms with E-state index in [9.17, 15) is 0 Å². The fraction of sp³-hybridized carbons (Fsp3) is 0.389. The molecule has 0 atom stereocenters. The third-order valence-corrected chi connectivity index (χ3v) is 2.66. The third kappa shape index (κ3) is 10.5. The second-order valence-corrected chi connectivity index (χ2v) is 5.95. The summed E-state index contributed by atoms with van der Waals surface area (Å²) >= 11 is 0. The Labute approximate surface area is 163 Å². The summed E-state index contributed by atoms with van der Waals surface area (Å²) in [7, 11) is 0. The topological polar surface area (TPSA) is 23.8 Å². The van der Waals surface area contributed by atoms with Gasteiger partial charge in [-0.3, -0.25) is 0 Å². The van der Waals surface area contributed by atoms with E-state index in [0.717, 1.165) is 6.42 Å². The number of halogens is 2. The van der Waals surface area contributed by atoms with Crippen LogP contribution in [-0.4, -0.2) is 5.54 Å². The zero-order valence-corrected chi connectivity index (χ0v) is 17.3. The van der Waals surface area contributed by atoms with E-state index in [1.165, 1.54) is 22.3 Å². The Hall–Kier alpha value is -0.176. The molecule has 1 N–H and O–H groups in total. The Bertz CT molecular complexity index is 482. The third-order valence-electron chi connectivity index (χ3n) is 2.66. The van der Waals surface area contributed by atoms with Crippen molar-refractivity contribution in [3.63, 3.8) is 0 Å². The maximum absolute atomic E-state index is 6.94. The minimum Gasteiger partial charge on any atom is -0.673 e. The molecule has 122 valence electrons. The van der Waals surface area contributed by atoms with Crippen LogP contribution in [0, 0.1) is 6.42 Å². The van der Waals surface area contributed by atoms with Gasteiger partial charge in [-0.2, -0.15) is 18.1 Å². The van der Waals surface area contributed by atoms with E-state index in [1.54, 1.807) is 0 Å². The summed E-state index contributed by atoms with van der Waals surface area (Å²) in [4.78, 5) is 0. The van der Waals surface area contributed by atoms with Gasteiger partial charge in [-0.25, -0.2) is 0 Å². The molecule has 0 fully saturated rings. The number of rotatable bonds is 2. The van der Waals surface area contributed by atoms with Gasteiger partial charge in [0, 0.05) is 0 Å². The molecule has 4 heteroatoms. The van der Waals surface area contributed by atoms with Crippen molar-refractivity contribution in [2.24, 2.45) is 0 Å². The van der Waals surface area contributed by atoms with E-state index in [2.05, 4.69) is 56.7 Å². The quantitative estimate of drug-likeness (QED) is 0.407. The van der Waals surface area contributed by atoms with Crippen molar-refractivity contribution in [3.05, 3.63) is 65.3 Å². The minimum atomic E-state index is -0.250. The molecule has 1 aromatic rings. The molecule has 1 aliphatic carbocycles. The van der Waals surface area contributed by atoms with Crippen molar-refractivity contribution in [3.8, 4) is 0 Å². The number of nitrogens with one attached hydrogen (secondary N) is 1. The molecule has 0 radical (unpaired) electrons. The number of hydrogen-bond donors (Lipinski definition) is 0. The van der Waals surface area contributed by atoms with E-state index < -0.39 is 0 Å². The van der Waals surface area contributed by atoms with Crippen molar-refractivity contribution in [1.29, 1.82) is 0 Å². The molecule has 22 heavy (non-hydrogen) atoms. The Morgan fingerprint density at radius 3 is 2.00 bits per heavy atom. The summed E-state index contributed by atoms with van der Waals surface area (Å²) < 4.78 is 0. The maximum Gasteiger partial charge on any atom is 2.00 e. The molecule has 1 aliphatic rings. The van der Waals surface area contributed by atoms with Gasteiger partial charge >= 0.3 is 21.7 Å². The zero-order chi connectivity index (χ0) is 14.5. The zero-order valence-electron chi connectivity index (χ0n) is 14.1. The van der Waals surface area contributed by atoms with Gasteiger partial charge in [-0.05, 0) is 13.3 Å². The van der Waals surface area contributed by atoms with Crippen LogP contribution in [0.3, 0.4) is 0 Å². The summed E-state index contributed by atoms with van der Waals surface area (Å²) in [6.45, 7) is 9.81.